The lowest BCUT2D eigenvalue weighted by Crippen LogP contribution is -2.20. The Kier molecular flexibility index (Phi) is 7.50. The lowest BCUT2D eigenvalue weighted by Gasteiger charge is -2.06. The third-order valence-corrected chi connectivity index (χ3v) is 3.25. The smallest absolute Gasteiger partial charge is 0.322 e. The van der Waals surface area contributed by atoms with Crippen LogP contribution >= 0.6 is 0 Å². The first-order chi connectivity index (χ1) is 12.3. The summed E-state index contributed by atoms with van der Waals surface area (Å²) in [6.45, 7) is 0. The van der Waals surface area contributed by atoms with Gasteiger partial charge in [-0.2, -0.15) is 0 Å². The molecule has 0 spiro atoms. The molecule has 0 aliphatic carbocycles. The van der Waals surface area contributed by atoms with E-state index in [0.29, 0.717) is 0 Å². The summed E-state index contributed by atoms with van der Waals surface area (Å²) in [7, 11) is 0. The van der Waals surface area contributed by atoms with Crippen molar-refractivity contribution in [2.75, 3.05) is 0 Å². The summed E-state index contributed by atoms with van der Waals surface area (Å²) in [6.07, 6.45) is 0. The van der Waals surface area contributed by atoms with E-state index in [4.69, 9.17) is 20.4 Å². The van der Waals surface area contributed by atoms with Gasteiger partial charge in [0.1, 0.15) is 0 Å². The van der Waals surface area contributed by atoms with Crippen molar-refractivity contribution >= 4 is 23.9 Å². The average molecular weight is 360 g/mol. The van der Waals surface area contributed by atoms with Crippen molar-refractivity contribution < 1.29 is 39.6 Å². The molecule has 8 nitrogen and oxygen atoms in total. The molecule has 136 valence electrons. The normalized spacial score (nSPS) is 9.92. The minimum Gasteiger partial charge on any atom is -0.480 e. The Morgan fingerprint density at radius 2 is 0.731 bits per heavy atom. The standard InChI is InChI=1S/2C9H8O4/c2*10-8(11)7(9(12)13)6-4-2-1-3-5-6/h2*1-5,7H,(H,10,11)(H,12,13). The second kappa shape index (κ2) is 9.58. The van der Waals surface area contributed by atoms with E-state index in [-0.39, 0.29) is 11.1 Å². The fourth-order valence-electron chi connectivity index (χ4n) is 2.07. The van der Waals surface area contributed by atoms with Crippen molar-refractivity contribution in [1.82, 2.24) is 0 Å². The molecule has 4 N–H and O–H groups in total. The molecular formula is C18H16O8. The Labute approximate surface area is 148 Å². The maximum atomic E-state index is 10.6. The van der Waals surface area contributed by atoms with Gasteiger partial charge in [0, 0.05) is 0 Å². The van der Waals surface area contributed by atoms with Crippen molar-refractivity contribution in [3.05, 3.63) is 71.8 Å². The molecule has 0 heterocycles. The van der Waals surface area contributed by atoms with Gasteiger partial charge in [0.05, 0.1) is 0 Å². The molecular weight excluding hydrogens is 344 g/mol. The van der Waals surface area contributed by atoms with Crippen LogP contribution in [0.2, 0.25) is 0 Å². The van der Waals surface area contributed by atoms with E-state index < -0.39 is 35.7 Å². The van der Waals surface area contributed by atoms with E-state index in [0.717, 1.165) is 0 Å². The molecule has 26 heavy (non-hydrogen) atoms. The maximum Gasteiger partial charge on any atom is 0.322 e. The summed E-state index contributed by atoms with van der Waals surface area (Å²) in [4.78, 5) is 42.2. The Bertz CT molecular complexity index is 675. The number of rotatable bonds is 6. The minimum atomic E-state index is -1.47. The van der Waals surface area contributed by atoms with E-state index in [9.17, 15) is 19.2 Å². The number of aliphatic carboxylic acids is 4. The molecule has 0 atom stereocenters. The number of hydrogen-bond acceptors (Lipinski definition) is 4. The molecule has 0 aliphatic rings. The van der Waals surface area contributed by atoms with Crippen LogP contribution in [-0.2, 0) is 19.2 Å². The van der Waals surface area contributed by atoms with Crippen molar-refractivity contribution in [3.63, 3.8) is 0 Å². The highest BCUT2D eigenvalue weighted by Gasteiger charge is 2.27. The second-order valence-corrected chi connectivity index (χ2v) is 5.04. The molecule has 0 radical (unpaired) electrons. The Morgan fingerprint density at radius 1 is 0.500 bits per heavy atom. The zero-order chi connectivity index (χ0) is 19.7. The molecule has 0 saturated carbocycles. The van der Waals surface area contributed by atoms with Crippen LogP contribution in [0.1, 0.15) is 23.0 Å². The third kappa shape index (κ3) is 5.75. The highest BCUT2D eigenvalue weighted by molar-refractivity contribution is 5.99. The van der Waals surface area contributed by atoms with Gasteiger partial charge in [-0.1, -0.05) is 60.7 Å². The molecule has 0 amide bonds. The van der Waals surface area contributed by atoms with Crippen molar-refractivity contribution in [1.29, 1.82) is 0 Å². The summed E-state index contributed by atoms with van der Waals surface area (Å²) in [5.41, 5.74) is 0.560. The summed E-state index contributed by atoms with van der Waals surface area (Å²) in [6, 6.07) is 15.7. The molecule has 2 aromatic carbocycles. The predicted octanol–water partition coefficient (Wildman–Crippen LogP) is 1.88. The molecule has 0 bridgehead atoms. The molecule has 2 rings (SSSR count). The van der Waals surface area contributed by atoms with Crippen LogP contribution in [0.5, 0.6) is 0 Å². The van der Waals surface area contributed by atoms with Crippen LogP contribution in [0.3, 0.4) is 0 Å². The average Bonchev–Trinajstić information content (AvgIpc) is 2.56. The fourth-order valence-corrected chi connectivity index (χ4v) is 2.07. The first kappa shape index (κ1) is 20.4. The third-order valence-electron chi connectivity index (χ3n) is 3.25. The Hall–Kier alpha value is -3.68. The van der Waals surface area contributed by atoms with Gasteiger partial charge in [0.25, 0.3) is 0 Å². The first-order valence-corrected chi connectivity index (χ1v) is 7.26. The van der Waals surface area contributed by atoms with Gasteiger partial charge in [-0.15, -0.1) is 0 Å². The van der Waals surface area contributed by atoms with Crippen LogP contribution in [-0.4, -0.2) is 44.3 Å². The SMILES string of the molecule is O=C(O)C(C(=O)O)c1ccccc1.O=C(O)C(C(=O)O)c1ccccc1. The van der Waals surface area contributed by atoms with E-state index in [2.05, 4.69) is 0 Å². The first-order valence-electron chi connectivity index (χ1n) is 7.26. The van der Waals surface area contributed by atoms with Gasteiger partial charge in [-0.3, -0.25) is 19.2 Å². The predicted molar refractivity (Wildman–Crippen MR) is 88.9 cm³/mol. The van der Waals surface area contributed by atoms with E-state index in [1.54, 1.807) is 36.4 Å². The number of carboxylic acid groups (broad SMARTS) is 4. The monoisotopic (exact) mass is 360 g/mol. The van der Waals surface area contributed by atoms with E-state index in [1.165, 1.54) is 24.3 Å². The van der Waals surface area contributed by atoms with E-state index >= 15 is 0 Å². The van der Waals surface area contributed by atoms with Gasteiger partial charge >= 0.3 is 23.9 Å². The summed E-state index contributed by atoms with van der Waals surface area (Å²) >= 11 is 0. The zero-order valence-electron chi connectivity index (χ0n) is 13.4. The number of benzene rings is 2. The maximum absolute atomic E-state index is 10.6. The van der Waals surface area contributed by atoms with Crippen molar-refractivity contribution in [3.8, 4) is 0 Å². The number of hydrogen-bond donors (Lipinski definition) is 4. The number of carbonyl (C=O) groups is 4. The van der Waals surface area contributed by atoms with Gasteiger partial charge in [0.2, 0.25) is 0 Å². The molecule has 2 aromatic rings. The van der Waals surface area contributed by atoms with Crippen LogP contribution in [0.4, 0.5) is 0 Å². The fraction of sp³-hybridized carbons (Fsp3) is 0.111. The van der Waals surface area contributed by atoms with E-state index in [1.807, 2.05) is 0 Å². The van der Waals surface area contributed by atoms with Gasteiger partial charge < -0.3 is 20.4 Å². The summed E-state index contributed by atoms with van der Waals surface area (Å²) < 4.78 is 0. The van der Waals surface area contributed by atoms with Crippen LogP contribution in [0, 0.1) is 0 Å². The lowest BCUT2D eigenvalue weighted by atomic mass is 10.00. The van der Waals surface area contributed by atoms with Crippen LogP contribution in [0.25, 0.3) is 0 Å². The largest absolute Gasteiger partial charge is 0.480 e. The van der Waals surface area contributed by atoms with Gasteiger partial charge in [-0.05, 0) is 11.1 Å². The molecule has 0 unspecified atom stereocenters. The van der Waals surface area contributed by atoms with Crippen molar-refractivity contribution in [2.24, 2.45) is 0 Å². The van der Waals surface area contributed by atoms with Gasteiger partial charge in [-0.25, -0.2) is 0 Å². The lowest BCUT2D eigenvalue weighted by molar-refractivity contribution is -0.152. The molecule has 8 heteroatoms. The molecule has 0 aromatic heterocycles. The molecule has 0 aliphatic heterocycles. The Morgan fingerprint density at radius 3 is 0.923 bits per heavy atom. The van der Waals surface area contributed by atoms with Crippen LogP contribution in [0.15, 0.2) is 60.7 Å². The summed E-state index contributed by atoms with van der Waals surface area (Å²) in [5.74, 6) is -8.34. The van der Waals surface area contributed by atoms with Crippen LogP contribution < -0.4 is 0 Å². The highest BCUT2D eigenvalue weighted by atomic mass is 16.4. The highest BCUT2D eigenvalue weighted by Crippen LogP contribution is 2.16. The topological polar surface area (TPSA) is 149 Å². The Balaban J connectivity index is 0.000000260. The molecule has 0 fully saturated rings. The summed E-state index contributed by atoms with van der Waals surface area (Å²) in [5, 5.41) is 34.5. The molecule has 0 saturated heterocycles. The number of carboxylic acids is 4. The minimum absolute atomic E-state index is 0.280. The second-order valence-electron chi connectivity index (χ2n) is 5.04. The van der Waals surface area contributed by atoms with Crippen molar-refractivity contribution in [2.45, 2.75) is 11.8 Å². The zero-order valence-corrected chi connectivity index (χ0v) is 13.4. The quantitative estimate of drug-likeness (QED) is 0.570. The van der Waals surface area contributed by atoms with Gasteiger partial charge in [0.15, 0.2) is 11.8 Å².